The normalized spacial score (nSPS) is 11.4. The van der Waals surface area contributed by atoms with E-state index in [1.165, 1.54) is 13.0 Å². The maximum absolute atomic E-state index is 12.1. The number of anilines is 1. The van der Waals surface area contributed by atoms with E-state index in [1.54, 1.807) is 12.1 Å². The van der Waals surface area contributed by atoms with Gasteiger partial charge in [0, 0.05) is 23.5 Å². The third-order valence-electron chi connectivity index (χ3n) is 2.39. The van der Waals surface area contributed by atoms with Crippen LogP contribution in [0.5, 0.6) is 0 Å². The summed E-state index contributed by atoms with van der Waals surface area (Å²) in [6.45, 7) is 1.27. The molecule has 0 bridgehead atoms. The average Bonchev–Trinajstić information content (AvgIpc) is 2.86. The number of nitrogens with one attached hydrogen (secondary N) is 2. The lowest BCUT2D eigenvalue weighted by Gasteiger charge is -2.06. The van der Waals surface area contributed by atoms with E-state index in [4.69, 9.17) is 23.2 Å². The van der Waals surface area contributed by atoms with Gasteiger partial charge in [0.25, 0.3) is 10.0 Å². The second kappa shape index (κ2) is 6.88. The minimum absolute atomic E-state index is 0.0205. The third-order valence-corrected chi connectivity index (χ3v) is 5.58. The van der Waals surface area contributed by atoms with E-state index in [0.717, 1.165) is 11.3 Å². The summed E-state index contributed by atoms with van der Waals surface area (Å²) >= 11 is 12.5. The maximum Gasteiger partial charge on any atom is 0.270 e. The van der Waals surface area contributed by atoms with Gasteiger partial charge in [-0.25, -0.2) is 13.1 Å². The Hall–Kier alpha value is -1.26. The molecular weight excluding hydrogens is 371 g/mol. The van der Waals surface area contributed by atoms with Gasteiger partial charge < -0.3 is 5.32 Å². The number of amides is 1. The Kier molecular flexibility index (Phi) is 5.35. The highest BCUT2D eigenvalue weighted by Crippen LogP contribution is 2.23. The fourth-order valence-electron chi connectivity index (χ4n) is 1.42. The number of benzene rings is 1. The van der Waals surface area contributed by atoms with Gasteiger partial charge >= 0.3 is 0 Å². The van der Waals surface area contributed by atoms with Gasteiger partial charge in [-0.2, -0.15) is 0 Å². The van der Waals surface area contributed by atoms with Crippen molar-refractivity contribution < 1.29 is 13.2 Å². The van der Waals surface area contributed by atoms with Gasteiger partial charge in [0.1, 0.15) is 0 Å². The lowest BCUT2D eigenvalue weighted by Crippen LogP contribution is -2.23. The molecule has 0 fully saturated rings. The van der Waals surface area contributed by atoms with E-state index < -0.39 is 10.0 Å². The molecule has 7 nitrogen and oxygen atoms in total. The SMILES string of the molecule is CC(=O)Nc1nnc(S(=O)(=O)NCc2ccc(Cl)cc2Cl)s1. The Balaban J connectivity index is 2.10. The summed E-state index contributed by atoms with van der Waals surface area (Å²) in [5.74, 6) is -0.360. The molecule has 1 aromatic heterocycles. The predicted octanol–water partition coefficient (Wildman–Crippen LogP) is 2.28. The zero-order valence-electron chi connectivity index (χ0n) is 11.1. The van der Waals surface area contributed by atoms with Crippen molar-refractivity contribution in [2.45, 2.75) is 17.8 Å². The van der Waals surface area contributed by atoms with Crippen molar-refractivity contribution >= 4 is 55.6 Å². The predicted molar refractivity (Wildman–Crippen MR) is 84.7 cm³/mol. The number of aromatic nitrogens is 2. The van der Waals surface area contributed by atoms with E-state index in [2.05, 4.69) is 20.2 Å². The average molecular weight is 381 g/mol. The first kappa shape index (κ1) is 17.1. The minimum atomic E-state index is -3.85. The topological polar surface area (TPSA) is 101 Å². The Morgan fingerprint density at radius 3 is 2.68 bits per heavy atom. The molecule has 0 atom stereocenters. The lowest BCUT2D eigenvalue weighted by molar-refractivity contribution is -0.114. The summed E-state index contributed by atoms with van der Waals surface area (Å²) in [5.41, 5.74) is 0.571. The van der Waals surface area contributed by atoms with Crippen molar-refractivity contribution in [3.8, 4) is 0 Å². The van der Waals surface area contributed by atoms with E-state index in [-0.39, 0.29) is 21.9 Å². The van der Waals surface area contributed by atoms with Crippen LogP contribution >= 0.6 is 34.5 Å². The van der Waals surface area contributed by atoms with Crippen LogP contribution in [0.4, 0.5) is 5.13 Å². The summed E-state index contributed by atoms with van der Waals surface area (Å²) in [6.07, 6.45) is 0. The Morgan fingerprint density at radius 2 is 2.05 bits per heavy atom. The van der Waals surface area contributed by atoms with Gasteiger partial charge in [-0.15, -0.1) is 10.2 Å². The van der Waals surface area contributed by atoms with E-state index in [9.17, 15) is 13.2 Å². The number of carbonyl (C=O) groups is 1. The molecule has 0 aliphatic rings. The van der Waals surface area contributed by atoms with Crippen molar-refractivity contribution in [2.75, 3.05) is 5.32 Å². The molecule has 0 aliphatic carbocycles. The van der Waals surface area contributed by atoms with E-state index in [1.807, 2.05) is 0 Å². The van der Waals surface area contributed by atoms with Crippen LogP contribution in [0.15, 0.2) is 22.5 Å². The van der Waals surface area contributed by atoms with Crippen molar-refractivity contribution in [3.63, 3.8) is 0 Å². The van der Waals surface area contributed by atoms with Crippen molar-refractivity contribution in [3.05, 3.63) is 33.8 Å². The van der Waals surface area contributed by atoms with Gasteiger partial charge in [-0.1, -0.05) is 40.6 Å². The highest BCUT2D eigenvalue weighted by Gasteiger charge is 2.20. The largest absolute Gasteiger partial charge is 0.301 e. The fourth-order valence-corrected chi connectivity index (χ4v) is 3.89. The molecule has 1 amide bonds. The number of rotatable bonds is 5. The van der Waals surface area contributed by atoms with Crippen LogP contribution in [0.2, 0.25) is 10.0 Å². The van der Waals surface area contributed by atoms with Gasteiger partial charge in [0.15, 0.2) is 0 Å². The summed E-state index contributed by atoms with van der Waals surface area (Å²) in [5, 5.41) is 10.4. The number of carbonyl (C=O) groups excluding carboxylic acids is 1. The van der Waals surface area contributed by atoms with Crippen molar-refractivity contribution in [1.82, 2.24) is 14.9 Å². The Bertz CT molecular complexity index is 807. The molecule has 2 rings (SSSR count). The quantitative estimate of drug-likeness (QED) is 0.774. The van der Waals surface area contributed by atoms with Crippen LogP contribution in [0.25, 0.3) is 0 Å². The number of nitrogens with zero attached hydrogens (tertiary/aromatic N) is 2. The second-order valence-electron chi connectivity index (χ2n) is 4.11. The zero-order chi connectivity index (χ0) is 16.3. The first-order chi connectivity index (χ1) is 10.3. The standard InChI is InChI=1S/C11H10Cl2N4O3S2/c1-6(18)15-10-16-17-11(21-10)22(19,20)14-5-7-2-3-8(12)4-9(7)13/h2-4,14H,5H2,1H3,(H,15,16,18). The molecule has 0 saturated carbocycles. The molecule has 118 valence electrons. The molecule has 2 aromatic rings. The van der Waals surface area contributed by atoms with Gasteiger partial charge in [0.05, 0.1) is 0 Å². The van der Waals surface area contributed by atoms with E-state index in [0.29, 0.717) is 15.6 Å². The number of halogens is 2. The van der Waals surface area contributed by atoms with E-state index >= 15 is 0 Å². The maximum atomic E-state index is 12.1. The summed E-state index contributed by atoms with van der Waals surface area (Å²) in [4.78, 5) is 10.9. The third kappa shape index (κ3) is 4.37. The van der Waals surface area contributed by atoms with Crippen molar-refractivity contribution in [1.29, 1.82) is 0 Å². The number of hydrogen-bond donors (Lipinski definition) is 2. The molecule has 1 heterocycles. The van der Waals surface area contributed by atoms with Gasteiger partial charge in [-0.3, -0.25) is 4.79 Å². The Morgan fingerprint density at radius 1 is 1.32 bits per heavy atom. The first-order valence-corrected chi connectivity index (χ1v) is 8.88. The van der Waals surface area contributed by atoms with Crippen LogP contribution in [-0.4, -0.2) is 24.5 Å². The molecular formula is C11H10Cl2N4O3S2. The van der Waals surface area contributed by atoms with Gasteiger partial charge in [0.2, 0.25) is 15.4 Å². The van der Waals surface area contributed by atoms with Crippen LogP contribution < -0.4 is 10.0 Å². The smallest absolute Gasteiger partial charge is 0.270 e. The van der Waals surface area contributed by atoms with Crippen LogP contribution in [0, 0.1) is 0 Å². The number of sulfonamides is 1. The summed E-state index contributed by atoms with van der Waals surface area (Å²) in [6, 6.07) is 4.75. The lowest BCUT2D eigenvalue weighted by atomic mass is 10.2. The van der Waals surface area contributed by atoms with Crippen molar-refractivity contribution in [2.24, 2.45) is 0 Å². The highest BCUT2D eigenvalue weighted by molar-refractivity contribution is 7.91. The summed E-state index contributed by atoms with van der Waals surface area (Å²) < 4.78 is 26.3. The molecule has 2 N–H and O–H groups in total. The fraction of sp³-hybridized carbons (Fsp3) is 0.182. The molecule has 22 heavy (non-hydrogen) atoms. The second-order valence-corrected chi connectivity index (χ2v) is 7.88. The highest BCUT2D eigenvalue weighted by atomic mass is 35.5. The zero-order valence-corrected chi connectivity index (χ0v) is 14.3. The first-order valence-electron chi connectivity index (χ1n) is 5.82. The van der Waals surface area contributed by atoms with Gasteiger partial charge in [-0.05, 0) is 17.7 Å². The van der Waals surface area contributed by atoms with Crippen LogP contribution in [-0.2, 0) is 21.4 Å². The summed E-state index contributed by atoms with van der Waals surface area (Å²) in [7, 11) is -3.85. The molecule has 11 heteroatoms. The van der Waals surface area contributed by atoms with Crippen LogP contribution in [0.1, 0.15) is 12.5 Å². The molecule has 0 radical (unpaired) electrons. The minimum Gasteiger partial charge on any atom is -0.301 e. The molecule has 1 aromatic carbocycles. The monoisotopic (exact) mass is 380 g/mol. The molecule has 0 saturated heterocycles. The molecule has 0 spiro atoms. The molecule has 0 unspecified atom stereocenters. The Labute approximate surface area is 140 Å². The molecule has 0 aliphatic heterocycles. The number of hydrogen-bond acceptors (Lipinski definition) is 6. The van der Waals surface area contributed by atoms with Crippen LogP contribution in [0.3, 0.4) is 0 Å².